The molecule has 4 aromatic rings. The number of nitrogens with one attached hydrogen (secondary N) is 1. The van der Waals surface area contributed by atoms with Crippen molar-refractivity contribution >= 4 is 11.8 Å². The first-order valence-electron chi connectivity index (χ1n) is 9.31. The third-order valence-electron chi connectivity index (χ3n) is 4.52. The van der Waals surface area contributed by atoms with E-state index in [9.17, 15) is 18.7 Å². The van der Waals surface area contributed by atoms with E-state index in [1.807, 2.05) is 0 Å². The van der Waals surface area contributed by atoms with E-state index in [1.165, 1.54) is 17.0 Å². The minimum absolute atomic E-state index is 0.0204. The van der Waals surface area contributed by atoms with Gasteiger partial charge in [-0.3, -0.25) is 4.68 Å². The molecule has 1 aromatic carbocycles. The number of anilines is 1. The lowest BCUT2D eigenvalue weighted by Gasteiger charge is -2.12. The van der Waals surface area contributed by atoms with Crippen molar-refractivity contribution in [2.75, 3.05) is 11.9 Å². The average molecular weight is 442 g/mol. The topological polar surface area (TPSA) is 139 Å². The van der Waals surface area contributed by atoms with Gasteiger partial charge in [-0.25, -0.2) is 23.5 Å². The molecule has 0 bridgehead atoms. The number of nitrogens with zero attached hydrogens (tertiary/aromatic N) is 5. The van der Waals surface area contributed by atoms with Crippen LogP contribution in [0.25, 0.3) is 22.9 Å². The van der Waals surface area contributed by atoms with Crippen molar-refractivity contribution < 1.29 is 28.3 Å². The fourth-order valence-electron chi connectivity index (χ4n) is 2.93. The molecule has 1 atom stereocenters. The molecule has 32 heavy (non-hydrogen) atoms. The van der Waals surface area contributed by atoms with Crippen LogP contribution in [0.1, 0.15) is 5.56 Å². The van der Waals surface area contributed by atoms with Crippen molar-refractivity contribution in [3.05, 3.63) is 66.1 Å². The number of carbonyl (C=O) groups is 1. The first-order valence-corrected chi connectivity index (χ1v) is 9.31. The van der Waals surface area contributed by atoms with Crippen LogP contribution in [0.3, 0.4) is 0 Å². The Balaban J connectivity index is 1.74. The number of benzene rings is 1. The lowest BCUT2D eigenvalue weighted by Crippen LogP contribution is -2.33. The van der Waals surface area contributed by atoms with Crippen molar-refractivity contribution in [1.82, 2.24) is 24.9 Å². The monoisotopic (exact) mass is 442 g/mol. The number of carboxylic acids is 1. The van der Waals surface area contributed by atoms with E-state index in [1.54, 1.807) is 30.3 Å². The van der Waals surface area contributed by atoms with Gasteiger partial charge in [-0.2, -0.15) is 5.10 Å². The van der Waals surface area contributed by atoms with Gasteiger partial charge in [0.15, 0.2) is 17.5 Å². The highest BCUT2D eigenvalue weighted by Crippen LogP contribution is 2.26. The van der Waals surface area contributed by atoms with Crippen molar-refractivity contribution in [3.63, 3.8) is 0 Å². The van der Waals surface area contributed by atoms with Crippen LogP contribution in [-0.2, 0) is 11.3 Å². The maximum Gasteiger partial charge on any atom is 0.328 e. The Bertz CT molecular complexity index is 1240. The van der Waals surface area contributed by atoms with Gasteiger partial charge in [-0.05, 0) is 12.1 Å². The molecule has 0 amide bonds. The molecular weight excluding hydrogens is 426 g/mol. The molecule has 4 rings (SSSR count). The van der Waals surface area contributed by atoms with E-state index in [-0.39, 0.29) is 18.1 Å². The molecule has 0 radical (unpaired) electrons. The van der Waals surface area contributed by atoms with Gasteiger partial charge in [-0.1, -0.05) is 23.4 Å². The Kier molecular flexibility index (Phi) is 5.85. The summed E-state index contributed by atoms with van der Waals surface area (Å²) in [5.74, 6) is -3.13. The van der Waals surface area contributed by atoms with Gasteiger partial charge in [0, 0.05) is 11.6 Å². The lowest BCUT2D eigenvalue weighted by molar-refractivity contribution is -0.138. The van der Waals surface area contributed by atoms with E-state index in [0.29, 0.717) is 17.0 Å². The van der Waals surface area contributed by atoms with Crippen LogP contribution in [0.2, 0.25) is 0 Å². The summed E-state index contributed by atoms with van der Waals surface area (Å²) in [6, 6.07) is 7.91. The molecule has 3 aromatic heterocycles. The third-order valence-corrected chi connectivity index (χ3v) is 4.52. The Hall–Kier alpha value is -4.19. The van der Waals surface area contributed by atoms with Crippen LogP contribution in [0.15, 0.2) is 53.4 Å². The number of aliphatic carboxylic acids is 1. The number of carboxylic acid groups (broad SMARTS) is 1. The van der Waals surface area contributed by atoms with Crippen LogP contribution in [0.4, 0.5) is 14.6 Å². The average Bonchev–Trinajstić information content (AvgIpc) is 3.44. The Morgan fingerprint density at radius 2 is 2.00 bits per heavy atom. The van der Waals surface area contributed by atoms with Crippen LogP contribution < -0.4 is 5.32 Å². The molecule has 3 N–H and O–H groups in total. The first kappa shape index (κ1) is 21.1. The van der Waals surface area contributed by atoms with Crippen molar-refractivity contribution in [2.24, 2.45) is 0 Å². The molecule has 12 heteroatoms. The minimum atomic E-state index is -1.46. The molecule has 0 aliphatic rings. The fraction of sp³-hybridized carbons (Fsp3) is 0.150. The number of halogens is 2. The third kappa shape index (κ3) is 4.30. The predicted molar refractivity (Wildman–Crippen MR) is 106 cm³/mol. The highest BCUT2D eigenvalue weighted by Gasteiger charge is 2.21. The number of hydrogen-bond acceptors (Lipinski definition) is 8. The van der Waals surface area contributed by atoms with Gasteiger partial charge in [-0.15, -0.1) is 0 Å². The molecule has 3 heterocycles. The zero-order chi connectivity index (χ0) is 22.7. The molecule has 0 spiro atoms. The van der Waals surface area contributed by atoms with E-state index in [4.69, 9.17) is 9.63 Å². The molecule has 0 aliphatic heterocycles. The van der Waals surface area contributed by atoms with E-state index >= 15 is 0 Å². The number of aliphatic hydroxyl groups excluding tert-OH is 1. The maximum absolute atomic E-state index is 14.2. The summed E-state index contributed by atoms with van der Waals surface area (Å²) in [5.41, 5.74) is 1.48. The largest absolute Gasteiger partial charge is 0.480 e. The second kappa shape index (κ2) is 8.89. The summed E-state index contributed by atoms with van der Waals surface area (Å²) < 4.78 is 34.7. The quantitative estimate of drug-likeness (QED) is 0.375. The fourth-order valence-corrected chi connectivity index (χ4v) is 2.93. The molecular formula is C20H16F2N6O4. The SMILES string of the molecule is O=C(O)C(CO)Nc1nc(-c2cc(-c3ccon3)n(Cc3ccccc3F)n2)ncc1F. The molecule has 0 saturated heterocycles. The van der Waals surface area contributed by atoms with E-state index in [0.717, 1.165) is 6.20 Å². The maximum atomic E-state index is 14.2. The number of aliphatic hydroxyl groups is 1. The van der Waals surface area contributed by atoms with Crippen LogP contribution >= 0.6 is 0 Å². The van der Waals surface area contributed by atoms with Gasteiger partial charge < -0.3 is 20.1 Å². The molecule has 10 nitrogen and oxygen atoms in total. The summed E-state index contributed by atoms with van der Waals surface area (Å²) in [7, 11) is 0. The number of aromatic nitrogens is 5. The lowest BCUT2D eigenvalue weighted by atomic mass is 10.2. The molecule has 0 saturated carbocycles. The zero-order valence-electron chi connectivity index (χ0n) is 16.3. The van der Waals surface area contributed by atoms with Crippen molar-refractivity contribution in [3.8, 4) is 22.9 Å². The zero-order valence-corrected chi connectivity index (χ0v) is 16.3. The highest BCUT2D eigenvalue weighted by atomic mass is 19.1. The predicted octanol–water partition coefficient (Wildman–Crippen LogP) is 2.18. The highest BCUT2D eigenvalue weighted by molar-refractivity contribution is 5.77. The molecule has 164 valence electrons. The molecule has 1 unspecified atom stereocenters. The van der Waals surface area contributed by atoms with Gasteiger partial charge in [0.2, 0.25) is 0 Å². The smallest absolute Gasteiger partial charge is 0.328 e. The first-order chi connectivity index (χ1) is 15.5. The summed E-state index contributed by atoms with van der Waals surface area (Å²) in [5, 5.41) is 28.8. The second-order valence-electron chi connectivity index (χ2n) is 6.66. The normalized spacial score (nSPS) is 12.0. The van der Waals surface area contributed by atoms with Gasteiger partial charge in [0.25, 0.3) is 0 Å². The van der Waals surface area contributed by atoms with Crippen LogP contribution in [-0.4, -0.2) is 53.7 Å². The number of hydrogen-bond donors (Lipinski definition) is 3. The minimum Gasteiger partial charge on any atom is -0.480 e. The van der Waals surface area contributed by atoms with Crippen LogP contribution in [0, 0.1) is 11.6 Å². The summed E-state index contributed by atoms with van der Waals surface area (Å²) >= 11 is 0. The standard InChI is InChI=1S/C20H16F2N6O4/c21-12-4-2-1-3-11(12)9-28-17(14-5-6-32-27-14)7-15(26-28)19-23-8-13(22)18(25-19)24-16(10-29)20(30)31/h1-8,16,29H,9-10H2,(H,30,31)(H,23,24,25). The number of rotatable bonds is 8. The van der Waals surface area contributed by atoms with Gasteiger partial charge in [0.1, 0.15) is 29.5 Å². The Morgan fingerprint density at radius 1 is 1.19 bits per heavy atom. The van der Waals surface area contributed by atoms with E-state index in [2.05, 4.69) is 25.5 Å². The Morgan fingerprint density at radius 3 is 2.69 bits per heavy atom. The van der Waals surface area contributed by atoms with Crippen LogP contribution in [0.5, 0.6) is 0 Å². The Labute approximate surface area is 179 Å². The van der Waals surface area contributed by atoms with E-state index < -0.39 is 36.1 Å². The summed E-state index contributed by atoms with van der Waals surface area (Å²) in [6.07, 6.45) is 2.22. The molecule has 0 fully saturated rings. The van der Waals surface area contributed by atoms with Gasteiger partial charge in [0.05, 0.1) is 25.0 Å². The van der Waals surface area contributed by atoms with Crippen molar-refractivity contribution in [1.29, 1.82) is 0 Å². The van der Waals surface area contributed by atoms with Gasteiger partial charge >= 0.3 is 5.97 Å². The second-order valence-corrected chi connectivity index (χ2v) is 6.66. The van der Waals surface area contributed by atoms with Crippen molar-refractivity contribution in [2.45, 2.75) is 12.6 Å². The summed E-state index contributed by atoms with van der Waals surface area (Å²) in [4.78, 5) is 19.1. The summed E-state index contributed by atoms with van der Waals surface area (Å²) in [6.45, 7) is -0.714. The molecule has 0 aliphatic carbocycles.